The molecule has 0 amide bonds. The Labute approximate surface area is 78.8 Å². The standard InChI is InChI=1S/C7H9NO2S2/c1-4-5(3-6(9)10)12-7(8-4)11-2/h3H2,1-2H3,(H,9,10). The summed E-state index contributed by atoms with van der Waals surface area (Å²) < 4.78 is 0.934. The highest BCUT2D eigenvalue weighted by atomic mass is 32.2. The fraction of sp³-hybridized carbons (Fsp3) is 0.429. The minimum absolute atomic E-state index is 0.0874. The van der Waals surface area contributed by atoms with Gasteiger partial charge < -0.3 is 5.11 Å². The maximum absolute atomic E-state index is 10.4. The summed E-state index contributed by atoms with van der Waals surface area (Å²) in [7, 11) is 0. The zero-order chi connectivity index (χ0) is 9.14. The number of carboxylic acid groups (broad SMARTS) is 1. The van der Waals surface area contributed by atoms with Gasteiger partial charge in [-0.15, -0.1) is 11.3 Å². The molecule has 1 N–H and O–H groups in total. The number of carboxylic acids is 1. The second-order valence-electron chi connectivity index (χ2n) is 2.26. The van der Waals surface area contributed by atoms with Gasteiger partial charge in [-0.25, -0.2) is 4.98 Å². The molecule has 0 spiro atoms. The van der Waals surface area contributed by atoms with Crippen LogP contribution in [0.3, 0.4) is 0 Å². The average molecular weight is 203 g/mol. The highest BCUT2D eigenvalue weighted by Crippen LogP contribution is 2.25. The number of aromatic nitrogens is 1. The van der Waals surface area contributed by atoms with E-state index in [4.69, 9.17) is 5.11 Å². The SMILES string of the molecule is CSc1nc(C)c(CC(=O)O)s1. The van der Waals surface area contributed by atoms with E-state index in [1.807, 2.05) is 13.2 Å². The van der Waals surface area contributed by atoms with Crippen LogP contribution in [-0.4, -0.2) is 22.3 Å². The predicted molar refractivity (Wildman–Crippen MR) is 50.0 cm³/mol. The molecule has 0 bridgehead atoms. The number of nitrogens with zero attached hydrogens (tertiary/aromatic N) is 1. The normalized spacial score (nSPS) is 10.2. The van der Waals surface area contributed by atoms with Crippen LogP contribution in [0, 0.1) is 6.92 Å². The van der Waals surface area contributed by atoms with Crippen LogP contribution in [0.2, 0.25) is 0 Å². The number of hydrogen-bond donors (Lipinski definition) is 1. The molecule has 0 aliphatic heterocycles. The molecule has 12 heavy (non-hydrogen) atoms. The van der Waals surface area contributed by atoms with E-state index in [0.717, 1.165) is 14.9 Å². The van der Waals surface area contributed by atoms with E-state index in [2.05, 4.69) is 4.98 Å². The number of carbonyl (C=O) groups is 1. The summed E-state index contributed by atoms with van der Waals surface area (Å²) in [5, 5.41) is 8.55. The van der Waals surface area contributed by atoms with Crippen molar-refractivity contribution < 1.29 is 9.90 Å². The first-order valence-electron chi connectivity index (χ1n) is 3.35. The van der Waals surface area contributed by atoms with Crippen molar-refractivity contribution in [3.8, 4) is 0 Å². The van der Waals surface area contributed by atoms with Gasteiger partial charge in [0.05, 0.1) is 12.1 Å². The molecule has 1 rings (SSSR count). The van der Waals surface area contributed by atoms with Crippen LogP contribution in [-0.2, 0) is 11.2 Å². The lowest BCUT2D eigenvalue weighted by Gasteiger charge is -1.89. The first-order valence-corrected chi connectivity index (χ1v) is 5.39. The van der Waals surface area contributed by atoms with Crippen LogP contribution >= 0.6 is 23.1 Å². The first kappa shape index (κ1) is 9.54. The van der Waals surface area contributed by atoms with Crippen molar-refractivity contribution in [3.05, 3.63) is 10.6 Å². The second-order valence-corrected chi connectivity index (χ2v) is 4.40. The molecule has 0 aliphatic rings. The monoisotopic (exact) mass is 203 g/mol. The number of thiazole rings is 1. The van der Waals surface area contributed by atoms with Crippen LogP contribution in [0.5, 0.6) is 0 Å². The van der Waals surface area contributed by atoms with Gasteiger partial charge in [0.25, 0.3) is 0 Å². The minimum Gasteiger partial charge on any atom is -0.481 e. The third-order valence-electron chi connectivity index (χ3n) is 1.36. The Bertz CT molecular complexity index is 296. The summed E-state index contributed by atoms with van der Waals surface area (Å²) in [5.41, 5.74) is 0.840. The first-order chi connectivity index (χ1) is 5.63. The highest BCUT2D eigenvalue weighted by Gasteiger charge is 2.09. The molecule has 1 aromatic rings. The Hall–Kier alpha value is -0.550. The molecule has 0 aromatic carbocycles. The summed E-state index contributed by atoms with van der Waals surface area (Å²) in [6, 6.07) is 0. The summed E-state index contributed by atoms with van der Waals surface area (Å²) in [4.78, 5) is 15.4. The third-order valence-corrected chi connectivity index (χ3v) is 3.50. The van der Waals surface area contributed by atoms with Crippen molar-refractivity contribution in [2.75, 3.05) is 6.26 Å². The molecule has 0 unspecified atom stereocenters. The molecule has 3 nitrogen and oxygen atoms in total. The van der Waals surface area contributed by atoms with E-state index < -0.39 is 5.97 Å². The summed E-state index contributed by atoms with van der Waals surface area (Å²) >= 11 is 3.00. The molecule has 0 saturated heterocycles. The van der Waals surface area contributed by atoms with Gasteiger partial charge in [0, 0.05) is 4.88 Å². The Morgan fingerprint density at radius 2 is 2.42 bits per heavy atom. The summed E-state index contributed by atoms with van der Waals surface area (Å²) in [5.74, 6) is -0.797. The lowest BCUT2D eigenvalue weighted by atomic mass is 10.3. The van der Waals surface area contributed by atoms with Crippen LogP contribution in [0.1, 0.15) is 10.6 Å². The Morgan fingerprint density at radius 1 is 1.75 bits per heavy atom. The number of hydrogen-bond acceptors (Lipinski definition) is 4. The smallest absolute Gasteiger partial charge is 0.308 e. The van der Waals surface area contributed by atoms with E-state index in [9.17, 15) is 4.79 Å². The Morgan fingerprint density at radius 3 is 2.83 bits per heavy atom. The van der Waals surface area contributed by atoms with Crippen molar-refractivity contribution >= 4 is 29.1 Å². The molecule has 0 aliphatic carbocycles. The molecule has 1 heterocycles. The van der Waals surface area contributed by atoms with Gasteiger partial charge in [0.1, 0.15) is 4.34 Å². The van der Waals surface area contributed by atoms with Gasteiger partial charge in [-0.3, -0.25) is 4.79 Å². The van der Waals surface area contributed by atoms with E-state index in [1.165, 1.54) is 11.3 Å². The van der Waals surface area contributed by atoms with Gasteiger partial charge in [0.2, 0.25) is 0 Å². The average Bonchev–Trinajstić information content (AvgIpc) is 2.31. The van der Waals surface area contributed by atoms with Gasteiger partial charge in [-0.2, -0.15) is 0 Å². The zero-order valence-electron chi connectivity index (χ0n) is 6.83. The quantitative estimate of drug-likeness (QED) is 0.761. The molecule has 66 valence electrons. The molecule has 5 heteroatoms. The molecule has 0 fully saturated rings. The molecule has 0 atom stereocenters. The lowest BCUT2D eigenvalue weighted by Crippen LogP contribution is -1.99. The highest BCUT2D eigenvalue weighted by molar-refractivity contribution is 8.00. The van der Waals surface area contributed by atoms with Gasteiger partial charge in [0.15, 0.2) is 0 Å². The lowest BCUT2D eigenvalue weighted by molar-refractivity contribution is -0.136. The van der Waals surface area contributed by atoms with Crippen molar-refractivity contribution in [2.24, 2.45) is 0 Å². The zero-order valence-corrected chi connectivity index (χ0v) is 8.46. The van der Waals surface area contributed by atoms with Crippen molar-refractivity contribution in [3.63, 3.8) is 0 Å². The van der Waals surface area contributed by atoms with E-state index in [-0.39, 0.29) is 6.42 Å². The van der Waals surface area contributed by atoms with Gasteiger partial charge in [-0.1, -0.05) is 11.8 Å². The van der Waals surface area contributed by atoms with E-state index >= 15 is 0 Å². The van der Waals surface area contributed by atoms with Crippen LogP contribution in [0.4, 0.5) is 0 Å². The largest absolute Gasteiger partial charge is 0.481 e. The summed E-state index contributed by atoms with van der Waals surface area (Å²) in [6.07, 6.45) is 2.02. The topological polar surface area (TPSA) is 50.2 Å². The van der Waals surface area contributed by atoms with Crippen molar-refractivity contribution in [1.29, 1.82) is 0 Å². The maximum atomic E-state index is 10.4. The second kappa shape index (κ2) is 3.91. The van der Waals surface area contributed by atoms with Crippen molar-refractivity contribution in [1.82, 2.24) is 4.98 Å². The molecular formula is C7H9NO2S2. The number of aryl methyl sites for hydroxylation is 1. The molecule has 0 radical (unpaired) electrons. The van der Waals surface area contributed by atoms with Crippen LogP contribution < -0.4 is 0 Å². The Balaban J connectivity index is 2.84. The third kappa shape index (κ3) is 2.22. The van der Waals surface area contributed by atoms with E-state index in [1.54, 1.807) is 11.8 Å². The maximum Gasteiger partial charge on any atom is 0.308 e. The molecule has 1 aromatic heterocycles. The van der Waals surface area contributed by atoms with Gasteiger partial charge in [-0.05, 0) is 13.2 Å². The number of aliphatic carboxylic acids is 1. The summed E-state index contributed by atoms with van der Waals surface area (Å²) in [6.45, 7) is 1.84. The minimum atomic E-state index is -0.797. The van der Waals surface area contributed by atoms with E-state index in [0.29, 0.717) is 0 Å². The van der Waals surface area contributed by atoms with Crippen molar-refractivity contribution in [2.45, 2.75) is 17.7 Å². The molecular weight excluding hydrogens is 194 g/mol. The number of rotatable bonds is 3. The predicted octanol–water partition coefficient (Wildman–Crippen LogP) is 1.80. The molecule has 0 saturated carbocycles. The number of thioether (sulfide) groups is 1. The fourth-order valence-corrected chi connectivity index (χ4v) is 2.44. The fourth-order valence-electron chi connectivity index (χ4n) is 0.790. The Kier molecular flexibility index (Phi) is 3.11. The van der Waals surface area contributed by atoms with Crippen LogP contribution in [0.25, 0.3) is 0 Å². The van der Waals surface area contributed by atoms with Crippen LogP contribution in [0.15, 0.2) is 4.34 Å². The van der Waals surface area contributed by atoms with Gasteiger partial charge >= 0.3 is 5.97 Å².